The first-order valence-corrected chi connectivity index (χ1v) is 10.8. The van der Waals surface area contributed by atoms with Gasteiger partial charge in [-0.25, -0.2) is 4.79 Å². The molecule has 9 nitrogen and oxygen atoms in total. The molecule has 2 rings (SSSR count). The lowest BCUT2D eigenvalue weighted by atomic mass is 10.0. The van der Waals surface area contributed by atoms with Gasteiger partial charge in [-0.15, -0.1) is 10.2 Å². The molecule has 0 saturated carbocycles. The highest BCUT2D eigenvalue weighted by molar-refractivity contribution is 6.43. The smallest absolute Gasteiger partial charge is 0.413 e. The van der Waals surface area contributed by atoms with E-state index in [9.17, 15) is 4.79 Å². The Balaban J connectivity index is 2.06. The number of aromatic nitrogens is 3. The number of nitrogen functional groups attached to an aromatic ring is 1. The van der Waals surface area contributed by atoms with E-state index in [1.165, 1.54) is 0 Å². The fourth-order valence-corrected chi connectivity index (χ4v) is 3.10. The second-order valence-electron chi connectivity index (χ2n) is 8.34. The number of amides is 1. The topological polar surface area (TPSA) is 121 Å². The highest BCUT2D eigenvalue weighted by Crippen LogP contribution is 2.35. The van der Waals surface area contributed by atoms with Gasteiger partial charge in [-0.2, -0.15) is 4.98 Å². The van der Waals surface area contributed by atoms with E-state index in [1.54, 1.807) is 39.2 Å². The molecule has 1 heterocycles. The summed E-state index contributed by atoms with van der Waals surface area (Å²) < 4.78 is 16.6. The molecule has 2 aromatic rings. The van der Waals surface area contributed by atoms with Gasteiger partial charge >= 0.3 is 6.09 Å². The van der Waals surface area contributed by atoms with E-state index >= 15 is 0 Å². The van der Waals surface area contributed by atoms with Crippen molar-refractivity contribution in [1.82, 2.24) is 15.2 Å². The summed E-state index contributed by atoms with van der Waals surface area (Å²) in [4.78, 5) is 16.7. The first kappa shape index (κ1) is 26.1. The fourth-order valence-electron chi connectivity index (χ4n) is 2.71. The number of halogens is 2. The lowest BCUT2D eigenvalue weighted by molar-refractivity contribution is -0.0596. The molecule has 32 heavy (non-hydrogen) atoms. The van der Waals surface area contributed by atoms with Gasteiger partial charge in [-0.1, -0.05) is 35.3 Å². The van der Waals surface area contributed by atoms with E-state index in [1.807, 2.05) is 13.8 Å². The molecule has 0 aliphatic carbocycles. The van der Waals surface area contributed by atoms with Crippen LogP contribution < -0.4 is 11.1 Å². The van der Waals surface area contributed by atoms with Gasteiger partial charge in [-0.3, -0.25) is 5.32 Å². The van der Waals surface area contributed by atoms with Crippen LogP contribution in [0.25, 0.3) is 11.3 Å². The first-order chi connectivity index (χ1) is 14.9. The van der Waals surface area contributed by atoms with Crippen LogP contribution in [0, 0.1) is 0 Å². The van der Waals surface area contributed by atoms with E-state index in [4.69, 9.17) is 43.1 Å². The van der Waals surface area contributed by atoms with Crippen molar-refractivity contribution in [3.8, 4) is 11.3 Å². The number of carbonyl (C=O) groups excluding carboxylic acids is 1. The molecule has 1 aromatic heterocycles. The fraction of sp³-hybridized carbons (Fsp3) is 0.524. The number of hydrogen-bond acceptors (Lipinski definition) is 8. The van der Waals surface area contributed by atoms with Crippen molar-refractivity contribution in [2.75, 3.05) is 31.4 Å². The van der Waals surface area contributed by atoms with E-state index in [0.717, 1.165) is 6.42 Å². The molecule has 0 fully saturated rings. The number of benzene rings is 1. The number of ether oxygens (including phenoxy) is 3. The predicted molar refractivity (Wildman–Crippen MR) is 125 cm³/mol. The SMILES string of the molecule is COCCC(C)(C)OCCC(C)(C)OC(=O)Nc1nc(N)nnc1-c1cccc(Cl)c1Cl. The molecule has 11 heteroatoms. The highest BCUT2D eigenvalue weighted by Gasteiger charge is 2.26. The minimum absolute atomic E-state index is 0.0550. The third-order valence-electron chi connectivity index (χ3n) is 4.60. The molecule has 0 aliphatic rings. The average Bonchev–Trinajstić information content (AvgIpc) is 2.68. The molecule has 3 N–H and O–H groups in total. The van der Waals surface area contributed by atoms with Crippen LogP contribution in [0.3, 0.4) is 0 Å². The largest absolute Gasteiger partial charge is 0.443 e. The molecule has 0 atom stereocenters. The van der Waals surface area contributed by atoms with Crippen LogP contribution in [0.5, 0.6) is 0 Å². The molecular formula is C21H29Cl2N5O4. The zero-order valence-electron chi connectivity index (χ0n) is 18.9. The zero-order chi connectivity index (χ0) is 23.9. The summed E-state index contributed by atoms with van der Waals surface area (Å²) in [5.41, 5.74) is 5.17. The number of methoxy groups -OCH3 is 1. The molecule has 0 spiro atoms. The van der Waals surface area contributed by atoms with Crippen molar-refractivity contribution < 1.29 is 19.0 Å². The lowest BCUT2D eigenvalue weighted by Crippen LogP contribution is -2.34. The van der Waals surface area contributed by atoms with E-state index in [2.05, 4.69) is 20.5 Å². The molecule has 176 valence electrons. The van der Waals surface area contributed by atoms with Gasteiger partial charge in [0, 0.05) is 25.7 Å². The number of hydrogen-bond donors (Lipinski definition) is 2. The van der Waals surface area contributed by atoms with Gasteiger partial charge in [0.2, 0.25) is 5.95 Å². The van der Waals surface area contributed by atoms with Crippen molar-refractivity contribution in [3.05, 3.63) is 28.2 Å². The Morgan fingerprint density at radius 3 is 2.47 bits per heavy atom. The van der Waals surface area contributed by atoms with E-state index in [0.29, 0.717) is 30.2 Å². The third kappa shape index (κ3) is 7.74. The van der Waals surface area contributed by atoms with Gasteiger partial charge in [0.05, 0.1) is 22.3 Å². The summed E-state index contributed by atoms with van der Waals surface area (Å²) in [5.74, 6) is -0.0624. The maximum atomic E-state index is 12.6. The maximum Gasteiger partial charge on any atom is 0.413 e. The van der Waals surface area contributed by atoms with Gasteiger partial charge in [-0.05, 0) is 40.2 Å². The number of nitrogens with one attached hydrogen (secondary N) is 1. The highest BCUT2D eigenvalue weighted by atomic mass is 35.5. The summed E-state index contributed by atoms with van der Waals surface area (Å²) in [5, 5.41) is 10.9. The molecule has 0 radical (unpaired) electrons. The Hall–Kier alpha value is -2.20. The number of nitrogens with zero attached hydrogens (tertiary/aromatic N) is 3. The van der Waals surface area contributed by atoms with Crippen LogP contribution in [0.15, 0.2) is 18.2 Å². The second-order valence-corrected chi connectivity index (χ2v) is 9.13. The molecule has 0 saturated heterocycles. The van der Waals surface area contributed by atoms with E-state index < -0.39 is 11.7 Å². The van der Waals surface area contributed by atoms with Crippen LogP contribution in [0.1, 0.15) is 40.5 Å². The second kappa shape index (κ2) is 11.1. The van der Waals surface area contributed by atoms with Crippen molar-refractivity contribution >= 4 is 41.1 Å². The third-order valence-corrected chi connectivity index (χ3v) is 5.42. The molecule has 0 bridgehead atoms. The Labute approximate surface area is 197 Å². The van der Waals surface area contributed by atoms with Crippen LogP contribution in [-0.2, 0) is 14.2 Å². The monoisotopic (exact) mass is 485 g/mol. The predicted octanol–water partition coefficient (Wildman–Crippen LogP) is 4.98. The Morgan fingerprint density at radius 2 is 1.78 bits per heavy atom. The van der Waals surface area contributed by atoms with Gasteiger partial charge in [0.15, 0.2) is 5.82 Å². The summed E-state index contributed by atoms with van der Waals surface area (Å²) >= 11 is 12.4. The standard InChI is InChI=1S/C21H29Cl2N5O4/c1-20(2,9-11-30-5)31-12-10-21(3,4)32-19(29)26-17-16(27-28-18(24)25-17)13-7-6-8-14(22)15(13)23/h6-8H,9-12H2,1-5H3,(H3,24,25,26,28,29). The van der Waals surface area contributed by atoms with Gasteiger partial charge < -0.3 is 19.9 Å². The summed E-state index contributed by atoms with van der Waals surface area (Å²) in [6, 6.07) is 5.01. The normalized spacial score (nSPS) is 12.0. The minimum Gasteiger partial charge on any atom is -0.443 e. The molecule has 0 aliphatic heterocycles. The van der Waals surface area contributed by atoms with Gasteiger partial charge in [0.25, 0.3) is 0 Å². The van der Waals surface area contributed by atoms with Crippen LogP contribution in [0.2, 0.25) is 10.0 Å². The Morgan fingerprint density at radius 1 is 1.09 bits per heavy atom. The Kier molecular flexibility index (Phi) is 9.03. The number of anilines is 2. The van der Waals surface area contributed by atoms with Crippen molar-refractivity contribution in [2.24, 2.45) is 0 Å². The first-order valence-electron chi connectivity index (χ1n) is 10.0. The average molecular weight is 486 g/mol. The summed E-state index contributed by atoms with van der Waals surface area (Å²) in [6.07, 6.45) is 0.504. The number of rotatable bonds is 10. The quantitative estimate of drug-likeness (QED) is 0.483. The minimum atomic E-state index is -0.804. The Bertz CT molecular complexity index is 940. The van der Waals surface area contributed by atoms with Crippen LogP contribution in [0.4, 0.5) is 16.6 Å². The number of carbonyl (C=O) groups is 1. The molecular weight excluding hydrogens is 457 g/mol. The van der Waals surface area contributed by atoms with Crippen molar-refractivity contribution in [3.63, 3.8) is 0 Å². The van der Waals surface area contributed by atoms with Crippen molar-refractivity contribution in [2.45, 2.75) is 51.7 Å². The van der Waals surface area contributed by atoms with Crippen LogP contribution in [-0.4, -0.2) is 52.8 Å². The van der Waals surface area contributed by atoms with Crippen LogP contribution >= 0.6 is 23.2 Å². The van der Waals surface area contributed by atoms with Gasteiger partial charge in [0.1, 0.15) is 11.3 Å². The van der Waals surface area contributed by atoms with E-state index in [-0.39, 0.29) is 28.1 Å². The summed E-state index contributed by atoms with van der Waals surface area (Å²) in [6.45, 7) is 8.56. The molecule has 0 unspecified atom stereocenters. The number of nitrogens with two attached hydrogens (primary N) is 1. The maximum absolute atomic E-state index is 12.6. The lowest BCUT2D eigenvalue weighted by Gasteiger charge is -2.29. The van der Waals surface area contributed by atoms with Crippen molar-refractivity contribution in [1.29, 1.82) is 0 Å². The molecule has 1 amide bonds. The molecule has 1 aromatic carbocycles. The summed E-state index contributed by atoms with van der Waals surface area (Å²) in [7, 11) is 1.65. The zero-order valence-corrected chi connectivity index (χ0v) is 20.4.